The summed E-state index contributed by atoms with van der Waals surface area (Å²) in [5.74, 6) is 3.49. The van der Waals surface area contributed by atoms with Gasteiger partial charge in [-0.05, 0) is 0 Å². The molecule has 0 bridgehead atoms. The molecular weight excluding hydrogens is 138 g/mol. The van der Waals surface area contributed by atoms with Gasteiger partial charge in [-0.2, -0.15) is 24.4 Å². The van der Waals surface area contributed by atoms with Crippen LogP contribution in [0.3, 0.4) is 0 Å². The van der Waals surface area contributed by atoms with Gasteiger partial charge in [0.05, 0.1) is 0 Å². The fourth-order valence-electron chi connectivity index (χ4n) is 0.737. The zero-order valence-electron chi connectivity index (χ0n) is 4.76. The van der Waals surface area contributed by atoms with E-state index in [9.17, 15) is 0 Å². The maximum absolute atomic E-state index is 4.19. The average Bonchev–Trinajstić information content (AvgIpc) is 1.90. The van der Waals surface area contributed by atoms with Crippen LogP contribution >= 0.6 is 24.4 Å². The molecule has 0 aromatic rings. The minimum absolute atomic E-state index is 0.664. The van der Waals surface area contributed by atoms with Crippen LogP contribution in [0.25, 0.3) is 0 Å². The lowest BCUT2D eigenvalue weighted by atomic mass is 10.4. The molecule has 1 aliphatic heterocycles. The highest BCUT2D eigenvalue weighted by Crippen LogP contribution is 2.07. The first-order chi connectivity index (χ1) is 3.93. The fourth-order valence-corrected chi connectivity index (χ4v) is 2.12. The van der Waals surface area contributed by atoms with Crippen LogP contribution in [0.1, 0.15) is 0 Å². The summed E-state index contributed by atoms with van der Waals surface area (Å²) in [6.45, 7) is 1.16. The SMILES string of the molecule is SCC1CSCCN1. The third-order valence-electron chi connectivity index (χ3n) is 1.22. The Morgan fingerprint density at radius 1 is 1.75 bits per heavy atom. The number of thioether (sulfide) groups is 1. The molecule has 3 heteroatoms. The van der Waals surface area contributed by atoms with E-state index in [1.165, 1.54) is 11.5 Å². The molecule has 1 fully saturated rings. The van der Waals surface area contributed by atoms with Gasteiger partial charge in [0.2, 0.25) is 0 Å². The van der Waals surface area contributed by atoms with E-state index in [0.717, 1.165) is 12.3 Å². The Morgan fingerprint density at radius 3 is 3.00 bits per heavy atom. The van der Waals surface area contributed by atoms with Crippen molar-refractivity contribution >= 4 is 24.4 Å². The largest absolute Gasteiger partial charge is 0.312 e. The van der Waals surface area contributed by atoms with Crippen molar-refractivity contribution in [3.05, 3.63) is 0 Å². The normalized spacial score (nSPS) is 30.4. The van der Waals surface area contributed by atoms with Crippen LogP contribution in [-0.2, 0) is 0 Å². The molecule has 0 spiro atoms. The van der Waals surface area contributed by atoms with Crippen molar-refractivity contribution in [3.63, 3.8) is 0 Å². The molecule has 1 saturated heterocycles. The van der Waals surface area contributed by atoms with Crippen LogP contribution in [0.15, 0.2) is 0 Å². The lowest BCUT2D eigenvalue weighted by Gasteiger charge is -2.20. The first-order valence-electron chi connectivity index (χ1n) is 2.85. The molecule has 0 aromatic heterocycles. The average molecular weight is 149 g/mol. The summed E-state index contributed by atoms with van der Waals surface area (Å²) in [6, 6.07) is 0.664. The van der Waals surface area contributed by atoms with Crippen LogP contribution in [0.2, 0.25) is 0 Å². The highest BCUT2D eigenvalue weighted by Gasteiger charge is 2.09. The van der Waals surface area contributed by atoms with Gasteiger partial charge in [-0.15, -0.1) is 0 Å². The van der Waals surface area contributed by atoms with Gasteiger partial charge in [0.15, 0.2) is 0 Å². The number of thiol groups is 1. The van der Waals surface area contributed by atoms with Crippen molar-refractivity contribution in [1.82, 2.24) is 5.32 Å². The Morgan fingerprint density at radius 2 is 2.62 bits per heavy atom. The lowest BCUT2D eigenvalue weighted by molar-refractivity contribution is 0.618. The number of hydrogen-bond acceptors (Lipinski definition) is 3. The molecule has 0 radical (unpaired) electrons. The summed E-state index contributed by atoms with van der Waals surface area (Å²) in [7, 11) is 0. The summed E-state index contributed by atoms with van der Waals surface area (Å²) in [6.07, 6.45) is 0. The van der Waals surface area contributed by atoms with E-state index in [4.69, 9.17) is 0 Å². The molecule has 0 amide bonds. The van der Waals surface area contributed by atoms with Gasteiger partial charge in [0.1, 0.15) is 0 Å². The zero-order valence-corrected chi connectivity index (χ0v) is 6.47. The highest BCUT2D eigenvalue weighted by molar-refractivity contribution is 7.99. The molecule has 48 valence electrons. The van der Waals surface area contributed by atoms with E-state index in [0.29, 0.717) is 6.04 Å². The van der Waals surface area contributed by atoms with Gasteiger partial charge in [0, 0.05) is 29.8 Å². The third kappa shape index (κ3) is 1.88. The van der Waals surface area contributed by atoms with Crippen molar-refractivity contribution in [3.8, 4) is 0 Å². The van der Waals surface area contributed by atoms with E-state index in [1.807, 2.05) is 11.8 Å². The standard InChI is InChI=1S/C5H11NS2/c7-3-5-4-8-2-1-6-5/h5-7H,1-4H2. The molecule has 8 heavy (non-hydrogen) atoms. The van der Waals surface area contributed by atoms with E-state index >= 15 is 0 Å². The molecule has 0 aromatic carbocycles. The minimum Gasteiger partial charge on any atom is -0.312 e. The summed E-state index contributed by atoms with van der Waals surface area (Å²) in [5.41, 5.74) is 0. The van der Waals surface area contributed by atoms with Crippen LogP contribution < -0.4 is 5.32 Å². The quantitative estimate of drug-likeness (QED) is 0.530. The van der Waals surface area contributed by atoms with Gasteiger partial charge in [-0.25, -0.2) is 0 Å². The Bertz CT molecular complexity index is 61.4. The van der Waals surface area contributed by atoms with Gasteiger partial charge in [-0.3, -0.25) is 0 Å². The first-order valence-corrected chi connectivity index (χ1v) is 4.64. The molecule has 0 aliphatic carbocycles. The summed E-state index contributed by atoms with van der Waals surface area (Å²) in [5, 5.41) is 3.37. The maximum atomic E-state index is 4.19. The minimum atomic E-state index is 0.664. The molecule has 1 aliphatic rings. The number of rotatable bonds is 1. The summed E-state index contributed by atoms with van der Waals surface area (Å²) >= 11 is 6.20. The topological polar surface area (TPSA) is 12.0 Å². The molecule has 1 unspecified atom stereocenters. The van der Waals surface area contributed by atoms with Crippen molar-refractivity contribution in [1.29, 1.82) is 0 Å². The second-order valence-electron chi connectivity index (χ2n) is 1.91. The van der Waals surface area contributed by atoms with Gasteiger partial charge in [-0.1, -0.05) is 0 Å². The molecular formula is C5H11NS2. The third-order valence-corrected chi connectivity index (χ3v) is 2.79. The van der Waals surface area contributed by atoms with Crippen molar-refractivity contribution in [2.24, 2.45) is 0 Å². The molecule has 1 N–H and O–H groups in total. The Labute approximate surface area is 60.0 Å². The first kappa shape index (κ1) is 6.78. The number of nitrogens with one attached hydrogen (secondary N) is 1. The molecule has 1 heterocycles. The second kappa shape index (κ2) is 3.64. The van der Waals surface area contributed by atoms with Crippen LogP contribution in [-0.4, -0.2) is 29.8 Å². The zero-order chi connectivity index (χ0) is 5.82. The molecule has 1 nitrogen and oxygen atoms in total. The van der Waals surface area contributed by atoms with Gasteiger partial charge < -0.3 is 5.32 Å². The lowest BCUT2D eigenvalue weighted by Crippen LogP contribution is -2.38. The van der Waals surface area contributed by atoms with Gasteiger partial charge >= 0.3 is 0 Å². The molecule has 0 saturated carbocycles. The summed E-state index contributed by atoms with van der Waals surface area (Å²) in [4.78, 5) is 0. The van der Waals surface area contributed by atoms with E-state index in [2.05, 4.69) is 17.9 Å². The van der Waals surface area contributed by atoms with Crippen LogP contribution in [0.4, 0.5) is 0 Å². The van der Waals surface area contributed by atoms with Gasteiger partial charge in [0.25, 0.3) is 0 Å². The second-order valence-corrected chi connectivity index (χ2v) is 3.42. The Kier molecular flexibility index (Phi) is 3.08. The predicted octanol–water partition coefficient (Wildman–Crippen LogP) is 0.621. The smallest absolute Gasteiger partial charge is 0.0246 e. The van der Waals surface area contributed by atoms with Crippen molar-refractivity contribution in [2.45, 2.75) is 6.04 Å². The Hall–Kier alpha value is 0.660. The predicted molar refractivity (Wildman–Crippen MR) is 43.0 cm³/mol. The van der Waals surface area contributed by atoms with E-state index < -0.39 is 0 Å². The molecule has 1 rings (SSSR count). The van der Waals surface area contributed by atoms with Crippen LogP contribution in [0.5, 0.6) is 0 Å². The van der Waals surface area contributed by atoms with Crippen molar-refractivity contribution < 1.29 is 0 Å². The molecule has 1 atom stereocenters. The maximum Gasteiger partial charge on any atom is 0.0246 e. The van der Waals surface area contributed by atoms with E-state index in [-0.39, 0.29) is 0 Å². The van der Waals surface area contributed by atoms with Crippen molar-refractivity contribution in [2.75, 3.05) is 23.8 Å². The number of hydrogen-bond donors (Lipinski definition) is 2. The monoisotopic (exact) mass is 149 g/mol. The van der Waals surface area contributed by atoms with E-state index in [1.54, 1.807) is 0 Å². The Balaban J connectivity index is 2.13. The summed E-state index contributed by atoms with van der Waals surface area (Å²) < 4.78 is 0. The van der Waals surface area contributed by atoms with Crippen LogP contribution in [0, 0.1) is 0 Å². The highest BCUT2D eigenvalue weighted by atomic mass is 32.2. The fraction of sp³-hybridized carbons (Fsp3) is 1.00.